The molecule has 0 spiro atoms. The van der Waals surface area contributed by atoms with Crippen LogP contribution in [-0.4, -0.2) is 23.2 Å². The number of carboxylic acid groups (broad SMARTS) is 1. The largest absolute Gasteiger partial charge is 0.490 e. The van der Waals surface area contributed by atoms with Crippen LogP contribution in [0.1, 0.15) is 51.9 Å². The maximum Gasteiger partial charge on any atom is 0.490 e. The van der Waals surface area contributed by atoms with Gasteiger partial charge < -0.3 is 10.8 Å². The summed E-state index contributed by atoms with van der Waals surface area (Å²) in [7, 11) is 0. The zero-order valence-corrected chi connectivity index (χ0v) is 10.4. The third-order valence-electron chi connectivity index (χ3n) is 2.02. The molecule has 0 atom stereocenters. The molecule has 0 aromatic heterocycles. The molecule has 4 nitrogen and oxygen atoms in total. The van der Waals surface area contributed by atoms with E-state index >= 15 is 0 Å². The van der Waals surface area contributed by atoms with Crippen molar-refractivity contribution in [3.05, 3.63) is 0 Å². The molecule has 1 amide bonds. The molecule has 0 heterocycles. The number of primary amides is 1. The number of hydrogen-bond acceptors (Lipinski definition) is 2. The van der Waals surface area contributed by atoms with Crippen molar-refractivity contribution in [2.45, 2.75) is 58.0 Å². The molecule has 0 aromatic carbocycles. The van der Waals surface area contributed by atoms with E-state index in [0.29, 0.717) is 6.42 Å². The normalized spacial score (nSPS) is 10.4. The number of alkyl halides is 3. The van der Waals surface area contributed by atoms with E-state index in [4.69, 9.17) is 15.6 Å². The zero-order chi connectivity index (χ0) is 14.6. The lowest BCUT2D eigenvalue weighted by Gasteiger charge is -1.97. The standard InChI is InChI=1S/C9H19NO.C2HF3O2/c1-2-3-4-5-6-7-8-9(10)11;3-2(4,5)1(6)7/h2-8H2,1H3,(H2,10,11);(H,6,7). The molecule has 0 rings (SSSR count). The summed E-state index contributed by atoms with van der Waals surface area (Å²) in [5, 5.41) is 7.12. The molecule has 0 saturated heterocycles. The summed E-state index contributed by atoms with van der Waals surface area (Å²) in [6.07, 6.45) is 2.75. The molecule has 0 fully saturated rings. The van der Waals surface area contributed by atoms with Gasteiger partial charge in [0.15, 0.2) is 0 Å². The number of carboxylic acids is 1. The topological polar surface area (TPSA) is 80.4 Å². The molecular weight excluding hydrogens is 251 g/mol. The Kier molecular flexibility index (Phi) is 11.5. The number of aliphatic carboxylic acids is 1. The summed E-state index contributed by atoms with van der Waals surface area (Å²) in [5.74, 6) is -2.92. The lowest BCUT2D eigenvalue weighted by atomic mass is 10.1. The quantitative estimate of drug-likeness (QED) is 0.699. The van der Waals surface area contributed by atoms with E-state index in [-0.39, 0.29) is 5.91 Å². The Morgan fingerprint density at radius 1 is 1.06 bits per heavy atom. The molecule has 7 heteroatoms. The fourth-order valence-electron chi connectivity index (χ4n) is 1.08. The Balaban J connectivity index is 0. The van der Waals surface area contributed by atoms with Gasteiger partial charge in [-0.25, -0.2) is 4.79 Å². The minimum absolute atomic E-state index is 0.166. The van der Waals surface area contributed by atoms with Crippen LogP contribution in [0.2, 0.25) is 0 Å². The van der Waals surface area contributed by atoms with E-state index in [9.17, 15) is 18.0 Å². The molecule has 0 radical (unpaired) electrons. The second-order valence-electron chi connectivity index (χ2n) is 3.79. The summed E-state index contributed by atoms with van der Waals surface area (Å²) in [5.41, 5.74) is 4.99. The summed E-state index contributed by atoms with van der Waals surface area (Å²) < 4.78 is 31.7. The third-order valence-corrected chi connectivity index (χ3v) is 2.02. The predicted octanol–water partition coefficient (Wildman–Crippen LogP) is 2.86. The number of rotatable bonds is 7. The van der Waals surface area contributed by atoms with Crippen LogP contribution < -0.4 is 5.73 Å². The van der Waals surface area contributed by atoms with Gasteiger partial charge in [-0.2, -0.15) is 13.2 Å². The highest BCUT2D eigenvalue weighted by Crippen LogP contribution is 2.13. The van der Waals surface area contributed by atoms with Gasteiger partial charge in [0.25, 0.3) is 0 Å². The molecule has 0 saturated carbocycles. The molecular formula is C11H20F3NO3. The van der Waals surface area contributed by atoms with E-state index in [0.717, 1.165) is 12.8 Å². The predicted molar refractivity (Wildman–Crippen MR) is 60.9 cm³/mol. The van der Waals surface area contributed by atoms with Gasteiger partial charge in [0.05, 0.1) is 0 Å². The lowest BCUT2D eigenvalue weighted by Crippen LogP contribution is -2.21. The van der Waals surface area contributed by atoms with Gasteiger partial charge >= 0.3 is 12.1 Å². The van der Waals surface area contributed by atoms with E-state index < -0.39 is 12.1 Å². The second-order valence-corrected chi connectivity index (χ2v) is 3.79. The van der Waals surface area contributed by atoms with Crippen LogP contribution in [0.15, 0.2) is 0 Å². The van der Waals surface area contributed by atoms with Gasteiger partial charge in [-0.15, -0.1) is 0 Å². The number of unbranched alkanes of at least 4 members (excludes halogenated alkanes) is 5. The van der Waals surface area contributed by atoms with Crippen LogP contribution in [-0.2, 0) is 9.59 Å². The highest BCUT2D eigenvalue weighted by Gasteiger charge is 2.38. The molecule has 0 aromatic rings. The first-order valence-corrected chi connectivity index (χ1v) is 5.80. The van der Waals surface area contributed by atoms with Gasteiger partial charge in [0, 0.05) is 6.42 Å². The zero-order valence-electron chi connectivity index (χ0n) is 10.4. The molecule has 0 bridgehead atoms. The van der Waals surface area contributed by atoms with Crippen molar-refractivity contribution in [1.82, 2.24) is 0 Å². The van der Waals surface area contributed by atoms with E-state index in [2.05, 4.69) is 6.92 Å². The maximum atomic E-state index is 10.6. The van der Waals surface area contributed by atoms with Crippen LogP contribution in [0.4, 0.5) is 13.2 Å². The highest BCUT2D eigenvalue weighted by atomic mass is 19.4. The molecule has 3 N–H and O–H groups in total. The van der Waals surface area contributed by atoms with E-state index in [1.807, 2.05) is 0 Å². The highest BCUT2D eigenvalue weighted by molar-refractivity contribution is 5.73. The molecule has 0 aliphatic carbocycles. The Bertz CT molecular complexity index is 242. The van der Waals surface area contributed by atoms with Crippen LogP contribution in [0.5, 0.6) is 0 Å². The Labute approximate surface area is 104 Å². The first kappa shape index (κ1) is 19.1. The van der Waals surface area contributed by atoms with Crippen LogP contribution in [0.25, 0.3) is 0 Å². The first-order chi connectivity index (χ1) is 8.21. The van der Waals surface area contributed by atoms with Gasteiger partial charge in [-0.1, -0.05) is 39.0 Å². The Morgan fingerprint density at radius 2 is 1.44 bits per heavy atom. The fraction of sp³-hybridized carbons (Fsp3) is 0.818. The summed E-state index contributed by atoms with van der Waals surface area (Å²) in [6, 6.07) is 0. The van der Waals surface area contributed by atoms with Gasteiger partial charge in [-0.3, -0.25) is 4.79 Å². The average molecular weight is 271 g/mol. The average Bonchev–Trinajstić information content (AvgIpc) is 2.22. The summed E-state index contributed by atoms with van der Waals surface area (Å²) in [6.45, 7) is 2.20. The van der Waals surface area contributed by atoms with Crippen molar-refractivity contribution >= 4 is 11.9 Å². The molecule has 18 heavy (non-hydrogen) atoms. The first-order valence-electron chi connectivity index (χ1n) is 5.80. The van der Waals surface area contributed by atoms with Gasteiger partial charge in [-0.05, 0) is 6.42 Å². The van der Waals surface area contributed by atoms with Crippen molar-refractivity contribution in [1.29, 1.82) is 0 Å². The number of halogens is 3. The SMILES string of the molecule is CCCCCCCCC(N)=O.O=C(O)C(F)(F)F. The maximum absolute atomic E-state index is 10.6. The number of amides is 1. The third kappa shape index (κ3) is 17.1. The lowest BCUT2D eigenvalue weighted by molar-refractivity contribution is -0.192. The second kappa shape index (κ2) is 10.9. The van der Waals surface area contributed by atoms with E-state index in [1.54, 1.807) is 0 Å². The smallest absolute Gasteiger partial charge is 0.475 e. The molecule has 0 unspecified atom stereocenters. The minimum atomic E-state index is -5.08. The molecule has 0 aliphatic heterocycles. The monoisotopic (exact) mass is 271 g/mol. The Morgan fingerprint density at radius 3 is 1.78 bits per heavy atom. The van der Waals surface area contributed by atoms with Crippen molar-refractivity contribution < 1.29 is 27.9 Å². The van der Waals surface area contributed by atoms with Crippen molar-refractivity contribution in [3.63, 3.8) is 0 Å². The Hall–Kier alpha value is -1.27. The number of carbonyl (C=O) groups is 2. The minimum Gasteiger partial charge on any atom is -0.475 e. The fourth-order valence-corrected chi connectivity index (χ4v) is 1.08. The number of nitrogens with two attached hydrogens (primary N) is 1. The van der Waals surface area contributed by atoms with Gasteiger partial charge in [0.2, 0.25) is 5.91 Å². The van der Waals surface area contributed by atoms with Crippen LogP contribution in [0.3, 0.4) is 0 Å². The van der Waals surface area contributed by atoms with Crippen LogP contribution in [0, 0.1) is 0 Å². The molecule has 108 valence electrons. The van der Waals surface area contributed by atoms with Crippen molar-refractivity contribution in [2.24, 2.45) is 5.73 Å². The van der Waals surface area contributed by atoms with Crippen LogP contribution >= 0.6 is 0 Å². The summed E-state index contributed by atoms with van der Waals surface area (Å²) >= 11 is 0. The number of hydrogen-bond donors (Lipinski definition) is 2. The van der Waals surface area contributed by atoms with E-state index in [1.165, 1.54) is 25.7 Å². The van der Waals surface area contributed by atoms with Crippen molar-refractivity contribution in [3.8, 4) is 0 Å². The summed E-state index contributed by atoms with van der Waals surface area (Å²) in [4.78, 5) is 19.2. The molecule has 0 aliphatic rings. The number of carbonyl (C=O) groups excluding carboxylic acids is 1. The van der Waals surface area contributed by atoms with Crippen molar-refractivity contribution in [2.75, 3.05) is 0 Å². The van der Waals surface area contributed by atoms with Gasteiger partial charge in [0.1, 0.15) is 0 Å².